The third-order valence-electron chi connectivity index (χ3n) is 5.64. The summed E-state index contributed by atoms with van der Waals surface area (Å²) >= 11 is 0. The molecule has 3 N–H and O–H groups in total. The van der Waals surface area contributed by atoms with Crippen molar-refractivity contribution in [3.8, 4) is 11.1 Å². The lowest BCUT2D eigenvalue weighted by Crippen LogP contribution is -2.46. The van der Waals surface area contributed by atoms with E-state index >= 15 is 0 Å². The smallest absolute Gasteiger partial charge is 0.407 e. The lowest BCUT2D eigenvalue weighted by molar-refractivity contribution is -0.137. The number of carbonyl (C=O) groups excluding carboxylic acids is 2. The fourth-order valence-corrected chi connectivity index (χ4v) is 4.08. The fourth-order valence-electron chi connectivity index (χ4n) is 4.08. The molecule has 0 radical (unpaired) electrons. The first-order valence-electron chi connectivity index (χ1n) is 10.8. The standard InChI is InChI=1S/C25H30N2O5/c1-16(14-22(28)27-25(2,3)13-12-23(29)30)26-24(31)32-15-21-19-10-6-4-8-17(19)18-9-5-7-11-20(18)21/h4-11,16,21H,12-15H2,1-3H3,(H,26,31)(H,27,28)(H,29,30)/t16-/m0/s1. The average molecular weight is 439 g/mol. The summed E-state index contributed by atoms with van der Waals surface area (Å²) in [7, 11) is 0. The molecule has 0 saturated carbocycles. The summed E-state index contributed by atoms with van der Waals surface area (Å²) in [5.41, 5.74) is 3.95. The van der Waals surface area contributed by atoms with Crippen LogP contribution in [0.4, 0.5) is 4.79 Å². The summed E-state index contributed by atoms with van der Waals surface area (Å²) in [6, 6.07) is 15.8. The maximum absolute atomic E-state index is 12.3. The highest BCUT2D eigenvalue weighted by molar-refractivity contribution is 5.80. The highest BCUT2D eigenvalue weighted by Gasteiger charge is 2.29. The van der Waals surface area contributed by atoms with Crippen LogP contribution in [0.3, 0.4) is 0 Å². The first-order chi connectivity index (χ1) is 15.2. The van der Waals surface area contributed by atoms with Crippen LogP contribution in [0, 0.1) is 0 Å². The van der Waals surface area contributed by atoms with Gasteiger partial charge in [0.25, 0.3) is 0 Å². The van der Waals surface area contributed by atoms with E-state index in [4.69, 9.17) is 9.84 Å². The molecule has 0 heterocycles. The monoisotopic (exact) mass is 438 g/mol. The summed E-state index contributed by atoms with van der Waals surface area (Å²) in [6.07, 6.45) is -0.207. The molecule has 0 fully saturated rings. The molecule has 3 rings (SSSR count). The second-order valence-corrected chi connectivity index (χ2v) is 8.90. The van der Waals surface area contributed by atoms with Gasteiger partial charge in [0.2, 0.25) is 5.91 Å². The zero-order chi connectivity index (χ0) is 23.3. The van der Waals surface area contributed by atoms with E-state index in [1.807, 2.05) is 24.3 Å². The highest BCUT2D eigenvalue weighted by Crippen LogP contribution is 2.44. The Kier molecular flexibility index (Phi) is 7.18. The molecule has 0 aromatic heterocycles. The van der Waals surface area contributed by atoms with Crippen LogP contribution in [0.1, 0.15) is 57.1 Å². The number of alkyl carbamates (subject to hydrolysis) is 1. The summed E-state index contributed by atoms with van der Waals surface area (Å²) in [6.45, 7) is 5.49. The van der Waals surface area contributed by atoms with Crippen molar-refractivity contribution in [2.45, 2.75) is 57.5 Å². The number of carboxylic acid groups (broad SMARTS) is 1. The molecule has 170 valence electrons. The lowest BCUT2D eigenvalue weighted by atomic mass is 9.98. The molecule has 2 amide bonds. The first-order valence-corrected chi connectivity index (χ1v) is 10.8. The molecule has 1 atom stereocenters. The number of carbonyl (C=O) groups is 3. The molecule has 1 aliphatic rings. The van der Waals surface area contributed by atoms with Crippen molar-refractivity contribution in [3.63, 3.8) is 0 Å². The summed E-state index contributed by atoms with van der Waals surface area (Å²) in [4.78, 5) is 35.4. The van der Waals surface area contributed by atoms with E-state index in [0.717, 1.165) is 22.3 Å². The van der Waals surface area contributed by atoms with Crippen LogP contribution in [-0.4, -0.2) is 41.3 Å². The number of hydrogen-bond donors (Lipinski definition) is 3. The van der Waals surface area contributed by atoms with Gasteiger partial charge in [0.05, 0.1) is 0 Å². The van der Waals surface area contributed by atoms with Gasteiger partial charge in [-0.3, -0.25) is 9.59 Å². The quantitative estimate of drug-likeness (QED) is 0.548. The molecule has 2 aromatic rings. The van der Waals surface area contributed by atoms with Crippen molar-refractivity contribution in [1.82, 2.24) is 10.6 Å². The van der Waals surface area contributed by atoms with Gasteiger partial charge in [0, 0.05) is 30.3 Å². The molecule has 0 spiro atoms. The second-order valence-electron chi connectivity index (χ2n) is 8.90. The molecule has 0 bridgehead atoms. The van der Waals surface area contributed by atoms with Gasteiger partial charge in [0.15, 0.2) is 0 Å². The Morgan fingerprint density at radius 2 is 1.59 bits per heavy atom. The Labute approximate surface area is 188 Å². The van der Waals surface area contributed by atoms with Crippen molar-refractivity contribution >= 4 is 18.0 Å². The molecule has 0 saturated heterocycles. The van der Waals surface area contributed by atoms with Crippen LogP contribution in [0.15, 0.2) is 48.5 Å². The maximum Gasteiger partial charge on any atom is 0.407 e. The van der Waals surface area contributed by atoms with Crippen molar-refractivity contribution in [1.29, 1.82) is 0 Å². The van der Waals surface area contributed by atoms with Crippen molar-refractivity contribution in [2.24, 2.45) is 0 Å². The largest absolute Gasteiger partial charge is 0.481 e. The van der Waals surface area contributed by atoms with E-state index in [1.54, 1.807) is 20.8 Å². The zero-order valence-electron chi connectivity index (χ0n) is 18.7. The van der Waals surface area contributed by atoms with E-state index in [-0.39, 0.29) is 31.3 Å². The summed E-state index contributed by atoms with van der Waals surface area (Å²) < 4.78 is 5.51. The lowest BCUT2D eigenvalue weighted by Gasteiger charge is -2.26. The Balaban J connectivity index is 1.50. The van der Waals surface area contributed by atoms with Gasteiger partial charge in [-0.15, -0.1) is 0 Å². The molecule has 7 nitrogen and oxygen atoms in total. The molecule has 0 aliphatic heterocycles. The Hall–Kier alpha value is -3.35. The molecule has 1 aliphatic carbocycles. The molecule has 0 unspecified atom stereocenters. The Bertz CT molecular complexity index is 956. The predicted molar refractivity (Wildman–Crippen MR) is 121 cm³/mol. The third-order valence-corrected chi connectivity index (χ3v) is 5.64. The van der Waals surface area contributed by atoms with Crippen molar-refractivity contribution in [2.75, 3.05) is 6.61 Å². The number of fused-ring (bicyclic) bond motifs is 3. The van der Waals surface area contributed by atoms with E-state index < -0.39 is 23.6 Å². The highest BCUT2D eigenvalue weighted by atomic mass is 16.5. The van der Waals surface area contributed by atoms with Gasteiger partial charge in [-0.1, -0.05) is 48.5 Å². The molecular weight excluding hydrogens is 408 g/mol. The minimum atomic E-state index is -0.905. The predicted octanol–water partition coefficient (Wildman–Crippen LogP) is 4.06. The normalized spacial score (nSPS) is 13.6. The topological polar surface area (TPSA) is 105 Å². The SMILES string of the molecule is C[C@@H](CC(=O)NC(C)(C)CCC(=O)O)NC(=O)OCC1c2ccccc2-c2ccccc21. The number of rotatable bonds is 9. The van der Waals surface area contributed by atoms with Gasteiger partial charge in [-0.25, -0.2) is 4.79 Å². The second kappa shape index (κ2) is 9.85. The van der Waals surface area contributed by atoms with Crippen LogP contribution in [-0.2, 0) is 14.3 Å². The summed E-state index contributed by atoms with van der Waals surface area (Å²) in [5.74, 6) is -1.19. The third kappa shape index (κ3) is 5.87. The molecule has 32 heavy (non-hydrogen) atoms. The van der Waals surface area contributed by atoms with Crippen molar-refractivity contribution in [3.05, 3.63) is 59.7 Å². The van der Waals surface area contributed by atoms with Gasteiger partial charge in [-0.2, -0.15) is 0 Å². The molecular formula is C25H30N2O5. The van der Waals surface area contributed by atoms with E-state index in [0.29, 0.717) is 6.42 Å². The number of amides is 2. The van der Waals surface area contributed by atoms with Crippen LogP contribution >= 0.6 is 0 Å². The van der Waals surface area contributed by atoms with E-state index in [1.165, 1.54) is 0 Å². The average Bonchev–Trinajstić information content (AvgIpc) is 3.04. The van der Waals surface area contributed by atoms with Gasteiger partial charge < -0.3 is 20.5 Å². The van der Waals surface area contributed by atoms with Crippen LogP contribution < -0.4 is 10.6 Å². The number of nitrogens with one attached hydrogen (secondary N) is 2. The number of carboxylic acids is 1. The fraction of sp³-hybridized carbons (Fsp3) is 0.400. The Morgan fingerprint density at radius 1 is 1.03 bits per heavy atom. The molecule has 2 aromatic carbocycles. The van der Waals surface area contributed by atoms with Gasteiger partial charge >= 0.3 is 12.1 Å². The van der Waals surface area contributed by atoms with E-state index in [9.17, 15) is 14.4 Å². The van der Waals surface area contributed by atoms with E-state index in [2.05, 4.69) is 34.9 Å². The van der Waals surface area contributed by atoms with Gasteiger partial charge in [0.1, 0.15) is 6.61 Å². The number of aliphatic carboxylic acids is 1. The number of ether oxygens (including phenoxy) is 1. The minimum absolute atomic E-state index is 0.0261. The molecule has 7 heteroatoms. The summed E-state index contributed by atoms with van der Waals surface area (Å²) in [5, 5.41) is 14.3. The zero-order valence-corrected chi connectivity index (χ0v) is 18.7. The Morgan fingerprint density at radius 3 is 2.16 bits per heavy atom. The van der Waals surface area contributed by atoms with Crippen LogP contribution in [0.2, 0.25) is 0 Å². The minimum Gasteiger partial charge on any atom is -0.481 e. The number of hydrogen-bond acceptors (Lipinski definition) is 4. The number of benzene rings is 2. The van der Waals surface area contributed by atoms with Crippen LogP contribution in [0.5, 0.6) is 0 Å². The van der Waals surface area contributed by atoms with Crippen LogP contribution in [0.25, 0.3) is 11.1 Å². The first kappa shape index (κ1) is 23.3. The maximum atomic E-state index is 12.3. The van der Waals surface area contributed by atoms with Crippen molar-refractivity contribution < 1.29 is 24.2 Å². The van der Waals surface area contributed by atoms with Gasteiger partial charge in [-0.05, 0) is 49.4 Å².